The van der Waals surface area contributed by atoms with Crippen LogP contribution >= 0.6 is 0 Å². The molecule has 19 heavy (non-hydrogen) atoms. The molecule has 0 bridgehead atoms. The maximum Gasteiger partial charge on any atom is 0.225 e. The van der Waals surface area contributed by atoms with Crippen molar-refractivity contribution in [1.29, 1.82) is 0 Å². The number of rotatable bonds is 2. The van der Waals surface area contributed by atoms with Crippen LogP contribution in [0.5, 0.6) is 0 Å². The highest BCUT2D eigenvalue weighted by atomic mass is 16.2. The van der Waals surface area contributed by atoms with E-state index in [1.807, 2.05) is 18.2 Å². The Morgan fingerprint density at radius 2 is 2.21 bits per heavy atom. The molecular formula is C13H15N5O. The summed E-state index contributed by atoms with van der Waals surface area (Å²) in [7, 11) is 0. The molecule has 6 nitrogen and oxygen atoms in total. The first-order chi connectivity index (χ1) is 9.16. The normalized spacial score (nSPS) is 20.5. The fourth-order valence-corrected chi connectivity index (χ4v) is 2.49. The summed E-state index contributed by atoms with van der Waals surface area (Å²) in [5.74, 6) is 0.301. The molecule has 1 fully saturated rings. The Hall–Kier alpha value is -2.21. The molecule has 1 aromatic carbocycles. The second kappa shape index (κ2) is 4.47. The lowest BCUT2D eigenvalue weighted by molar-refractivity contribution is -0.123. The highest BCUT2D eigenvalue weighted by Crippen LogP contribution is 2.28. The topological polar surface area (TPSA) is 107 Å². The fraction of sp³-hybridized carbons (Fsp3) is 0.308. The number of hydrogen-bond acceptors (Lipinski definition) is 5. The predicted octanol–water partition coefficient (Wildman–Crippen LogP) is 0.348. The summed E-state index contributed by atoms with van der Waals surface area (Å²) in [6.45, 7) is 0.694. The first-order valence-electron chi connectivity index (χ1n) is 6.20. The molecular weight excluding hydrogens is 242 g/mol. The largest absolute Gasteiger partial charge is 0.383 e. The van der Waals surface area contributed by atoms with Crippen molar-refractivity contribution in [3.63, 3.8) is 0 Å². The number of fused-ring (bicyclic) bond motifs is 1. The maximum atomic E-state index is 11.7. The molecule has 0 saturated carbocycles. The van der Waals surface area contributed by atoms with Crippen LogP contribution in [0.25, 0.3) is 10.9 Å². The molecule has 0 radical (unpaired) electrons. The first kappa shape index (κ1) is 11.9. The van der Waals surface area contributed by atoms with Crippen LogP contribution in [-0.4, -0.2) is 22.4 Å². The van der Waals surface area contributed by atoms with E-state index in [9.17, 15) is 4.79 Å². The zero-order valence-corrected chi connectivity index (χ0v) is 10.3. The van der Waals surface area contributed by atoms with Crippen molar-refractivity contribution >= 4 is 22.6 Å². The minimum Gasteiger partial charge on any atom is -0.383 e. The summed E-state index contributed by atoms with van der Waals surface area (Å²) >= 11 is 0. The molecule has 1 aromatic heterocycles. The molecule has 2 unspecified atom stereocenters. The van der Waals surface area contributed by atoms with E-state index in [0.717, 1.165) is 22.9 Å². The van der Waals surface area contributed by atoms with Crippen LogP contribution in [0.4, 0.5) is 5.82 Å². The molecule has 1 aliphatic heterocycles. The number of aromatic nitrogens is 2. The average molecular weight is 257 g/mol. The summed E-state index contributed by atoms with van der Waals surface area (Å²) in [4.78, 5) is 19.8. The lowest BCUT2D eigenvalue weighted by Gasteiger charge is -2.17. The molecule has 98 valence electrons. The van der Waals surface area contributed by atoms with Gasteiger partial charge in [-0.1, -0.05) is 6.07 Å². The first-order valence-corrected chi connectivity index (χ1v) is 6.20. The fourth-order valence-electron chi connectivity index (χ4n) is 2.49. The van der Waals surface area contributed by atoms with E-state index in [0.29, 0.717) is 12.4 Å². The Balaban J connectivity index is 1.99. The van der Waals surface area contributed by atoms with Crippen LogP contribution < -0.4 is 16.8 Å². The summed E-state index contributed by atoms with van der Waals surface area (Å²) in [6, 6.07) is 5.30. The summed E-state index contributed by atoms with van der Waals surface area (Å²) in [6.07, 6.45) is 2.19. The van der Waals surface area contributed by atoms with Crippen LogP contribution in [-0.2, 0) is 4.79 Å². The number of hydrogen-bond donors (Lipinski definition) is 3. The van der Waals surface area contributed by atoms with Gasteiger partial charge in [0.15, 0.2) is 0 Å². The van der Waals surface area contributed by atoms with Gasteiger partial charge in [0.1, 0.15) is 12.1 Å². The van der Waals surface area contributed by atoms with Crippen LogP contribution in [0.1, 0.15) is 18.0 Å². The Labute approximate surface area is 110 Å². The standard InChI is InChI=1S/C13H15N5O/c14-11(9-3-4-16-13(9)19)7-1-2-8-10(5-7)17-6-18-12(8)15/h1-2,5-6,9,11H,3-4,14H2,(H,16,19)(H2,15,17,18). The van der Waals surface area contributed by atoms with Crippen LogP contribution in [0.15, 0.2) is 24.5 Å². The summed E-state index contributed by atoms with van der Waals surface area (Å²) in [5, 5.41) is 3.60. The number of anilines is 1. The number of nitrogen functional groups attached to an aromatic ring is 1. The summed E-state index contributed by atoms with van der Waals surface area (Å²) < 4.78 is 0. The van der Waals surface area contributed by atoms with Gasteiger partial charge in [-0.05, 0) is 24.1 Å². The van der Waals surface area contributed by atoms with Gasteiger partial charge in [-0.3, -0.25) is 4.79 Å². The van der Waals surface area contributed by atoms with Gasteiger partial charge in [-0.25, -0.2) is 9.97 Å². The highest BCUT2D eigenvalue weighted by molar-refractivity contribution is 5.88. The maximum absolute atomic E-state index is 11.7. The number of nitrogens with zero attached hydrogens (tertiary/aromatic N) is 2. The minimum atomic E-state index is -0.317. The third-order valence-corrected chi connectivity index (χ3v) is 3.60. The van der Waals surface area contributed by atoms with Crippen molar-refractivity contribution in [2.75, 3.05) is 12.3 Å². The molecule has 2 atom stereocenters. The molecule has 5 N–H and O–H groups in total. The average Bonchev–Trinajstić information content (AvgIpc) is 2.84. The monoisotopic (exact) mass is 257 g/mol. The molecule has 1 saturated heterocycles. The van der Waals surface area contributed by atoms with Gasteiger partial charge in [0.2, 0.25) is 5.91 Å². The number of nitrogens with two attached hydrogens (primary N) is 2. The minimum absolute atomic E-state index is 0.0230. The molecule has 6 heteroatoms. The van der Waals surface area contributed by atoms with Gasteiger partial charge < -0.3 is 16.8 Å². The van der Waals surface area contributed by atoms with Gasteiger partial charge in [0.25, 0.3) is 0 Å². The van der Waals surface area contributed by atoms with Gasteiger partial charge in [-0.15, -0.1) is 0 Å². The van der Waals surface area contributed by atoms with Crippen molar-refractivity contribution in [1.82, 2.24) is 15.3 Å². The van der Waals surface area contributed by atoms with Gasteiger partial charge >= 0.3 is 0 Å². The number of carbonyl (C=O) groups excluding carboxylic acids is 1. The van der Waals surface area contributed by atoms with E-state index in [-0.39, 0.29) is 17.9 Å². The smallest absolute Gasteiger partial charge is 0.225 e. The number of carbonyl (C=O) groups is 1. The van der Waals surface area contributed by atoms with Gasteiger partial charge in [0, 0.05) is 18.0 Å². The van der Waals surface area contributed by atoms with E-state index >= 15 is 0 Å². The molecule has 0 spiro atoms. The Kier molecular flexibility index (Phi) is 2.79. The van der Waals surface area contributed by atoms with Crippen molar-refractivity contribution in [3.05, 3.63) is 30.1 Å². The Morgan fingerprint density at radius 3 is 2.95 bits per heavy atom. The van der Waals surface area contributed by atoms with Crippen LogP contribution in [0.2, 0.25) is 0 Å². The SMILES string of the molecule is Nc1ncnc2cc(C(N)C3CCNC3=O)ccc12. The second-order valence-electron chi connectivity index (χ2n) is 4.75. The number of benzene rings is 1. The van der Waals surface area contributed by atoms with Crippen molar-refractivity contribution in [2.45, 2.75) is 12.5 Å². The molecule has 2 heterocycles. The Bertz CT molecular complexity index is 642. The van der Waals surface area contributed by atoms with E-state index in [4.69, 9.17) is 11.5 Å². The number of nitrogens with one attached hydrogen (secondary N) is 1. The lowest BCUT2D eigenvalue weighted by atomic mass is 9.92. The van der Waals surface area contributed by atoms with Crippen molar-refractivity contribution in [3.8, 4) is 0 Å². The molecule has 0 aliphatic carbocycles. The lowest BCUT2D eigenvalue weighted by Crippen LogP contribution is -2.28. The van der Waals surface area contributed by atoms with E-state index < -0.39 is 0 Å². The second-order valence-corrected chi connectivity index (χ2v) is 4.75. The van der Waals surface area contributed by atoms with Gasteiger partial charge in [-0.2, -0.15) is 0 Å². The van der Waals surface area contributed by atoms with Crippen molar-refractivity contribution in [2.24, 2.45) is 11.7 Å². The predicted molar refractivity (Wildman–Crippen MR) is 72.0 cm³/mol. The quantitative estimate of drug-likeness (QED) is 0.719. The van der Waals surface area contributed by atoms with E-state index in [1.165, 1.54) is 6.33 Å². The third kappa shape index (κ3) is 2.00. The van der Waals surface area contributed by atoms with Crippen molar-refractivity contribution < 1.29 is 4.79 Å². The molecule has 1 amide bonds. The Morgan fingerprint density at radius 1 is 1.37 bits per heavy atom. The van der Waals surface area contributed by atoms with Crippen LogP contribution in [0, 0.1) is 5.92 Å². The van der Waals surface area contributed by atoms with Gasteiger partial charge in [0.05, 0.1) is 11.4 Å². The molecule has 3 rings (SSSR count). The third-order valence-electron chi connectivity index (χ3n) is 3.60. The highest BCUT2D eigenvalue weighted by Gasteiger charge is 2.30. The zero-order chi connectivity index (χ0) is 13.4. The zero-order valence-electron chi connectivity index (χ0n) is 10.3. The summed E-state index contributed by atoms with van der Waals surface area (Å²) in [5.41, 5.74) is 13.6. The number of amides is 1. The molecule has 2 aromatic rings. The van der Waals surface area contributed by atoms with E-state index in [1.54, 1.807) is 0 Å². The molecule has 1 aliphatic rings. The van der Waals surface area contributed by atoms with Crippen LogP contribution in [0.3, 0.4) is 0 Å². The van der Waals surface area contributed by atoms with E-state index in [2.05, 4.69) is 15.3 Å².